The summed E-state index contributed by atoms with van der Waals surface area (Å²) in [6.07, 6.45) is 3.34. The maximum atomic E-state index is 10.1. The second kappa shape index (κ2) is 6.70. The molecule has 0 aromatic heterocycles. The van der Waals surface area contributed by atoms with Gasteiger partial charge in [0.05, 0.1) is 6.10 Å². The highest BCUT2D eigenvalue weighted by Crippen LogP contribution is 2.37. The third-order valence-electron chi connectivity index (χ3n) is 4.73. The van der Waals surface area contributed by atoms with E-state index in [1.165, 1.54) is 24.9 Å². The van der Waals surface area contributed by atoms with E-state index >= 15 is 0 Å². The van der Waals surface area contributed by atoms with Crippen molar-refractivity contribution in [1.82, 2.24) is 0 Å². The van der Waals surface area contributed by atoms with Crippen LogP contribution in [0.5, 0.6) is 0 Å². The van der Waals surface area contributed by atoms with Gasteiger partial charge in [0.2, 0.25) is 0 Å². The second-order valence-corrected chi connectivity index (χ2v) is 8.28. The zero-order valence-electron chi connectivity index (χ0n) is 13.7. The van der Waals surface area contributed by atoms with Crippen molar-refractivity contribution in [3.63, 3.8) is 0 Å². The fourth-order valence-electron chi connectivity index (χ4n) is 3.35. The molecule has 1 N–H and O–H groups in total. The van der Waals surface area contributed by atoms with Crippen LogP contribution < -0.4 is 4.90 Å². The van der Waals surface area contributed by atoms with Crippen molar-refractivity contribution >= 4 is 21.6 Å². The van der Waals surface area contributed by atoms with Crippen LogP contribution in [-0.4, -0.2) is 18.2 Å². The first-order valence-electron chi connectivity index (χ1n) is 8.01. The molecule has 21 heavy (non-hydrogen) atoms. The lowest BCUT2D eigenvalue weighted by atomic mass is 9.77. The van der Waals surface area contributed by atoms with Crippen LogP contribution in [0.1, 0.15) is 58.6 Å². The molecule has 1 saturated heterocycles. The summed E-state index contributed by atoms with van der Waals surface area (Å²) >= 11 is 3.51. The van der Waals surface area contributed by atoms with E-state index in [0.717, 1.165) is 29.0 Å². The third kappa shape index (κ3) is 4.23. The van der Waals surface area contributed by atoms with Crippen molar-refractivity contribution in [3.05, 3.63) is 28.2 Å². The van der Waals surface area contributed by atoms with Gasteiger partial charge in [-0.15, -0.1) is 0 Å². The molecule has 2 rings (SSSR count). The Morgan fingerprint density at radius 3 is 2.57 bits per heavy atom. The molecule has 0 radical (unpaired) electrons. The minimum Gasteiger partial charge on any atom is -0.389 e. The van der Waals surface area contributed by atoms with Gasteiger partial charge in [0, 0.05) is 28.8 Å². The van der Waals surface area contributed by atoms with Crippen LogP contribution in [0.15, 0.2) is 22.7 Å². The van der Waals surface area contributed by atoms with Crippen LogP contribution in [-0.2, 0) is 0 Å². The van der Waals surface area contributed by atoms with Crippen LogP contribution in [0.2, 0.25) is 0 Å². The highest BCUT2D eigenvalue weighted by molar-refractivity contribution is 9.10. The predicted molar refractivity (Wildman–Crippen MR) is 93.8 cm³/mol. The summed E-state index contributed by atoms with van der Waals surface area (Å²) < 4.78 is 1.03. The van der Waals surface area contributed by atoms with Crippen LogP contribution in [0.25, 0.3) is 0 Å². The quantitative estimate of drug-likeness (QED) is 0.793. The van der Waals surface area contributed by atoms with E-state index in [-0.39, 0.29) is 0 Å². The highest BCUT2D eigenvalue weighted by atomic mass is 79.9. The minimum atomic E-state index is -0.431. The monoisotopic (exact) mass is 353 g/mol. The maximum absolute atomic E-state index is 10.1. The summed E-state index contributed by atoms with van der Waals surface area (Å²) in [4.78, 5) is 2.46. The van der Waals surface area contributed by atoms with E-state index in [1.54, 1.807) is 0 Å². The summed E-state index contributed by atoms with van der Waals surface area (Å²) in [6.45, 7) is 11.1. The first-order valence-corrected chi connectivity index (χ1v) is 8.81. The molecule has 1 aliphatic rings. The Balaban J connectivity index is 2.20. The smallest absolute Gasteiger partial charge is 0.0782 e. The Morgan fingerprint density at radius 1 is 1.24 bits per heavy atom. The van der Waals surface area contributed by atoms with Gasteiger partial charge in [0.25, 0.3) is 0 Å². The molecule has 0 amide bonds. The maximum Gasteiger partial charge on any atom is 0.0782 e. The molecule has 2 unspecified atom stereocenters. The normalized spacial score (nSPS) is 22.0. The van der Waals surface area contributed by atoms with E-state index in [1.807, 2.05) is 13.0 Å². The first-order chi connectivity index (χ1) is 9.79. The Labute approximate surface area is 137 Å². The Hall–Kier alpha value is -0.540. The number of benzene rings is 1. The van der Waals surface area contributed by atoms with Crippen LogP contribution in [0.3, 0.4) is 0 Å². The van der Waals surface area contributed by atoms with Crippen LogP contribution in [0, 0.1) is 11.3 Å². The first kappa shape index (κ1) is 16.8. The molecule has 1 aliphatic heterocycles. The minimum absolute atomic E-state index is 0.392. The zero-order valence-corrected chi connectivity index (χ0v) is 15.3. The summed E-state index contributed by atoms with van der Waals surface area (Å²) in [5.41, 5.74) is 2.62. The third-order valence-corrected chi connectivity index (χ3v) is 5.23. The van der Waals surface area contributed by atoms with Crippen LogP contribution >= 0.6 is 15.9 Å². The lowest BCUT2D eigenvalue weighted by Crippen LogP contribution is -2.27. The van der Waals surface area contributed by atoms with Gasteiger partial charge in [-0.1, -0.05) is 36.7 Å². The lowest BCUT2D eigenvalue weighted by molar-refractivity contribution is 0.199. The lowest BCUT2D eigenvalue weighted by Gasteiger charge is -2.30. The molecular formula is C18H28BrNO. The number of aliphatic hydroxyl groups is 1. The van der Waals surface area contributed by atoms with Gasteiger partial charge in [-0.2, -0.15) is 0 Å². The summed E-state index contributed by atoms with van der Waals surface area (Å²) in [5, 5.41) is 10.1. The molecular weight excluding hydrogens is 326 g/mol. The molecule has 0 saturated carbocycles. The molecule has 1 aromatic carbocycles. The van der Waals surface area contributed by atoms with E-state index in [4.69, 9.17) is 0 Å². The van der Waals surface area contributed by atoms with Crippen molar-refractivity contribution in [2.75, 3.05) is 18.0 Å². The Bertz CT molecular complexity index is 479. The molecule has 0 spiro atoms. The average Bonchev–Trinajstić information content (AvgIpc) is 2.63. The molecule has 2 atom stereocenters. The van der Waals surface area contributed by atoms with Crippen LogP contribution in [0.4, 0.5) is 5.69 Å². The van der Waals surface area contributed by atoms with Gasteiger partial charge in [-0.25, -0.2) is 0 Å². The van der Waals surface area contributed by atoms with Gasteiger partial charge >= 0.3 is 0 Å². The van der Waals surface area contributed by atoms with Gasteiger partial charge in [0.15, 0.2) is 0 Å². The topological polar surface area (TPSA) is 23.5 Å². The number of anilines is 1. The van der Waals surface area contributed by atoms with Crippen molar-refractivity contribution < 1.29 is 5.11 Å². The van der Waals surface area contributed by atoms with Gasteiger partial charge in [0.1, 0.15) is 0 Å². The molecule has 118 valence electrons. The summed E-state index contributed by atoms with van der Waals surface area (Å²) in [5.74, 6) is 0.785. The van der Waals surface area contributed by atoms with E-state index in [2.05, 4.69) is 53.7 Å². The molecule has 1 aromatic rings. The highest BCUT2D eigenvalue weighted by Gasteiger charge is 2.27. The van der Waals surface area contributed by atoms with Crippen molar-refractivity contribution in [3.8, 4) is 0 Å². The van der Waals surface area contributed by atoms with Gasteiger partial charge in [-0.05, 0) is 55.7 Å². The van der Waals surface area contributed by atoms with Gasteiger partial charge < -0.3 is 10.0 Å². The number of nitrogens with zero attached hydrogens (tertiary/aromatic N) is 1. The standard InChI is InChI=1S/C18H28BrNO/c1-13(21)16-12-15(19)7-8-17(16)20-10-5-6-14(9-11-20)18(2,3)4/h7-8,12-14,21H,5-6,9-11H2,1-4H3. The van der Waals surface area contributed by atoms with E-state index in [9.17, 15) is 5.11 Å². The average molecular weight is 354 g/mol. The molecule has 1 fully saturated rings. The molecule has 0 bridgehead atoms. The summed E-state index contributed by atoms with van der Waals surface area (Å²) in [7, 11) is 0. The number of hydrogen-bond donors (Lipinski definition) is 1. The fourth-order valence-corrected chi connectivity index (χ4v) is 3.73. The Kier molecular flexibility index (Phi) is 5.37. The SMILES string of the molecule is CC(O)c1cc(Br)ccc1N1CCCC(C(C)(C)C)CC1. The number of aliphatic hydroxyl groups excluding tert-OH is 1. The summed E-state index contributed by atoms with van der Waals surface area (Å²) in [6, 6.07) is 6.27. The fraction of sp³-hybridized carbons (Fsp3) is 0.667. The van der Waals surface area contributed by atoms with Crippen molar-refractivity contribution in [1.29, 1.82) is 0 Å². The second-order valence-electron chi connectivity index (χ2n) is 7.36. The molecule has 2 nitrogen and oxygen atoms in total. The van der Waals surface area contributed by atoms with E-state index < -0.39 is 6.10 Å². The number of halogens is 1. The van der Waals surface area contributed by atoms with Gasteiger partial charge in [-0.3, -0.25) is 0 Å². The zero-order chi connectivity index (χ0) is 15.6. The molecule has 3 heteroatoms. The molecule has 1 heterocycles. The van der Waals surface area contributed by atoms with E-state index in [0.29, 0.717) is 5.41 Å². The largest absolute Gasteiger partial charge is 0.389 e. The Morgan fingerprint density at radius 2 is 1.95 bits per heavy atom. The predicted octanol–water partition coefficient (Wildman–Crippen LogP) is 5.16. The van der Waals surface area contributed by atoms with Crippen molar-refractivity contribution in [2.24, 2.45) is 11.3 Å². The van der Waals surface area contributed by atoms with Crippen molar-refractivity contribution in [2.45, 2.75) is 53.1 Å². The number of rotatable bonds is 2. The molecule has 0 aliphatic carbocycles. The number of hydrogen-bond acceptors (Lipinski definition) is 2.